The summed E-state index contributed by atoms with van der Waals surface area (Å²) in [6, 6.07) is 0. The maximum Gasteiger partial charge on any atom is 0.321 e. The van der Waals surface area contributed by atoms with Gasteiger partial charge >= 0.3 is 11.9 Å². The van der Waals surface area contributed by atoms with E-state index < -0.39 is 17.3 Å². The van der Waals surface area contributed by atoms with Crippen LogP contribution in [-0.4, -0.2) is 29.5 Å². The molecule has 0 aromatic rings. The summed E-state index contributed by atoms with van der Waals surface area (Å²) >= 11 is 5.31. The van der Waals surface area contributed by atoms with E-state index in [1.807, 2.05) is 0 Å². The summed E-state index contributed by atoms with van der Waals surface area (Å²) in [4.78, 5) is 20.6. The topological polar surface area (TPSA) is 63.6 Å². The number of carboxylic acid groups (broad SMARTS) is 1. The number of methoxy groups -OCH3 is 1. The summed E-state index contributed by atoms with van der Waals surface area (Å²) in [5.74, 6) is -1.56. The highest BCUT2D eigenvalue weighted by atomic mass is 35.5. The van der Waals surface area contributed by atoms with Crippen LogP contribution >= 0.6 is 11.6 Å². The molecule has 0 amide bonds. The van der Waals surface area contributed by atoms with E-state index in [1.54, 1.807) is 0 Å². The van der Waals surface area contributed by atoms with Crippen molar-refractivity contribution in [3.05, 3.63) is 0 Å². The van der Waals surface area contributed by atoms with Crippen molar-refractivity contribution in [2.45, 2.75) is 18.2 Å². The third-order valence-electron chi connectivity index (χ3n) is 1.10. The van der Waals surface area contributed by atoms with Crippen molar-refractivity contribution in [3.63, 3.8) is 0 Å². The van der Waals surface area contributed by atoms with Gasteiger partial charge in [0.2, 0.25) is 0 Å². The van der Waals surface area contributed by atoms with Crippen LogP contribution in [0.3, 0.4) is 0 Å². The van der Waals surface area contributed by atoms with Gasteiger partial charge in [-0.25, -0.2) is 0 Å². The molecule has 0 aromatic heterocycles. The largest absolute Gasteiger partial charge is 0.480 e. The average molecular weight is 181 g/mol. The second-order valence-electron chi connectivity index (χ2n) is 1.92. The molecule has 1 N–H and O–H groups in total. The van der Waals surface area contributed by atoms with E-state index in [9.17, 15) is 9.59 Å². The van der Waals surface area contributed by atoms with Gasteiger partial charge in [-0.3, -0.25) is 9.59 Å². The van der Waals surface area contributed by atoms with Gasteiger partial charge in [-0.05, 0) is 6.42 Å². The highest BCUT2D eigenvalue weighted by Gasteiger charge is 2.14. The number of carbonyl (C=O) groups is 2. The predicted octanol–water partition coefficient (Wildman–Crippen LogP) is 0.632. The summed E-state index contributed by atoms with van der Waals surface area (Å²) in [7, 11) is 1.24. The molecule has 0 rings (SSSR count). The Morgan fingerprint density at radius 3 is 2.55 bits per heavy atom. The Morgan fingerprint density at radius 2 is 2.18 bits per heavy atom. The van der Waals surface area contributed by atoms with Crippen molar-refractivity contribution in [1.82, 2.24) is 0 Å². The van der Waals surface area contributed by atoms with Crippen LogP contribution in [0.2, 0.25) is 0 Å². The van der Waals surface area contributed by atoms with E-state index in [4.69, 9.17) is 16.7 Å². The lowest BCUT2D eigenvalue weighted by Crippen LogP contribution is -2.15. The Bertz CT molecular complexity index is 157. The number of carboxylic acids is 1. The van der Waals surface area contributed by atoms with Gasteiger partial charge in [0.1, 0.15) is 5.38 Å². The lowest BCUT2D eigenvalue weighted by Gasteiger charge is -2.01. The predicted molar refractivity (Wildman–Crippen MR) is 38.5 cm³/mol. The molecule has 0 spiro atoms. The fourth-order valence-corrected chi connectivity index (χ4v) is 0.579. The minimum Gasteiger partial charge on any atom is -0.480 e. The van der Waals surface area contributed by atoms with E-state index >= 15 is 0 Å². The van der Waals surface area contributed by atoms with E-state index in [0.717, 1.165) is 0 Å². The Kier molecular flexibility index (Phi) is 4.61. The van der Waals surface area contributed by atoms with Crippen LogP contribution in [0.4, 0.5) is 0 Å². The smallest absolute Gasteiger partial charge is 0.321 e. The lowest BCUT2D eigenvalue weighted by molar-refractivity contribution is -0.141. The van der Waals surface area contributed by atoms with E-state index in [0.29, 0.717) is 0 Å². The Labute approximate surface area is 69.1 Å². The SMILES string of the molecule is COC(=O)CC[C@@H](Cl)C(=O)O. The van der Waals surface area contributed by atoms with Gasteiger partial charge in [-0.15, -0.1) is 11.6 Å². The van der Waals surface area contributed by atoms with Gasteiger partial charge < -0.3 is 9.84 Å². The molecule has 0 aliphatic carbocycles. The standard InChI is InChI=1S/C6H9ClO4/c1-11-5(8)3-2-4(7)6(9)10/h4H,2-3H2,1H3,(H,9,10)/t4-/m1/s1. The summed E-state index contributed by atoms with van der Waals surface area (Å²) in [5.41, 5.74) is 0. The Hall–Kier alpha value is -0.770. The first-order valence-corrected chi connectivity index (χ1v) is 3.45. The molecule has 0 aromatic carbocycles. The highest BCUT2D eigenvalue weighted by molar-refractivity contribution is 6.29. The average Bonchev–Trinajstić information content (AvgIpc) is 1.99. The number of hydrogen-bond acceptors (Lipinski definition) is 3. The third-order valence-corrected chi connectivity index (χ3v) is 1.50. The summed E-state index contributed by atoms with van der Waals surface area (Å²) < 4.78 is 4.29. The number of carbonyl (C=O) groups excluding carboxylic acids is 1. The number of halogens is 1. The zero-order valence-electron chi connectivity index (χ0n) is 6.04. The molecule has 0 aliphatic rings. The van der Waals surface area contributed by atoms with Gasteiger partial charge in [-0.2, -0.15) is 0 Å². The Balaban J connectivity index is 3.54. The fraction of sp³-hybridized carbons (Fsp3) is 0.667. The van der Waals surface area contributed by atoms with Crippen molar-refractivity contribution in [2.75, 3.05) is 7.11 Å². The molecule has 4 nitrogen and oxygen atoms in total. The molecule has 0 radical (unpaired) electrons. The van der Waals surface area contributed by atoms with Crippen LogP contribution in [0.15, 0.2) is 0 Å². The van der Waals surface area contributed by atoms with Crippen LogP contribution in [0.1, 0.15) is 12.8 Å². The van der Waals surface area contributed by atoms with Crippen LogP contribution < -0.4 is 0 Å². The van der Waals surface area contributed by atoms with E-state index in [1.165, 1.54) is 7.11 Å². The molecule has 0 fully saturated rings. The molecule has 1 atom stereocenters. The first-order chi connectivity index (χ1) is 5.07. The summed E-state index contributed by atoms with van der Waals surface area (Å²) in [5, 5.41) is 7.28. The van der Waals surface area contributed by atoms with Crippen LogP contribution in [-0.2, 0) is 14.3 Å². The monoisotopic (exact) mass is 180 g/mol. The maximum absolute atomic E-state index is 10.5. The van der Waals surface area contributed by atoms with Crippen molar-refractivity contribution >= 4 is 23.5 Å². The number of hydrogen-bond donors (Lipinski definition) is 1. The number of alkyl halides is 1. The van der Waals surface area contributed by atoms with Gasteiger partial charge in [-0.1, -0.05) is 0 Å². The zero-order chi connectivity index (χ0) is 8.85. The summed E-state index contributed by atoms with van der Waals surface area (Å²) in [6.07, 6.45) is 0.139. The Morgan fingerprint density at radius 1 is 1.64 bits per heavy atom. The normalized spacial score (nSPS) is 12.2. The number of esters is 1. The fourth-order valence-electron chi connectivity index (χ4n) is 0.470. The van der Waals surface area contributed by atoms with Gasteiger partial charge in [0, 0.05) is 6.42 Å². The molecule has 11 heavy (non-hydrogen) atoms. The zero-order valence-corrected chi connectivity index (χ0v) is 6.80. The molecule has 64 valence electrons. The van der Waals surface area contributed by atoms with Crippen molar-refractivity contribution < 1.29 is 19.4 Å². The molecule has 0 unspecified atom stereocenters. The maximum atomic E-state index is 10.5. The second kappa shape index (κ2) is 4.96. The van der Waals surface area contributed by atoms with Gasteiger partial charge in [0.15, 0.2) is 0 Å². The van der Waals surface area contributed by atoms with Crippen molar-refractivity contribution in [3.8, 4) is 0 Å². The minimum atomic E-state index is -1.12. The molecule has 0 bridgehead atoms. The molecule has 5 heteroatoms. The van der Waals surface area contributed by atoms with Crippen LogP contribution in [0.25, 0.3) is 0 Å². The number of ether oxygens (including phenoxy) is 1. The molecule has 0 saturated heterocycles. The molecule has 0 aliphatic heterocycles. The highest BCUT2D eigenvalue weighted by Crippen LogP contribution is 2.05. The molecule has 0 heterocycles. The molecular formula is C6H9ClO4. The second-order valence-corrected chi connectivity index (χ2v) is 2.45. The van der Waals surface area contributed by atoms with Crippen LogP contribution in [0, 0.1) is 0 Å². The van der Waals surface area contributed by atoms with E-state index in [2.05, 4.69) is 4.74 Å². The lowest BCUT2D eigenvalue weighted by atomic mass is 10.2. The van der Waals surface area contributed by atoms with Crippen LogP contribution in [0.5, 0.6) is 0 Å². The molecule has 0 saturated carbocycles. The molecular weight excluding hydrogens is 172 g/mol. The quantitative estimate of drug-likeness (QED) is 0.509. The minimum absolute atomic E-state index is 0.0387. The third kappa shape index (κ3) is 4.61. The van der Waals surface area contributed by atoms with Gasteiger partial charge in [0.05, 0.1) is 7.11 Å². The first kappa shape index (κ1) is 10.2. The van der Waals surface area contributed by atoms with E-state index in [-0.39, 0.29) is 12.8 Å². The number of aliphatic carboxylic acids is 1. The summed E-state index contributed by atoms with van der Waals surface area (Å²) in [6.45, 7) is 0. The number of rotatable bonds is 4. The van der Waals surface area contributed by atoms with Gasteiger partial charge in [0.25, 0.3) is 0 Å². The van der Waals surface area contributed by atoms with Crippen molar-refractivity contribution in [1.29, 1.82) is 0 Å². The first-order valence-electron chi connectivity index (χ1n) is 3.01. The van der Waals surface area contributed by atoms with Crippen molar-refractivity contribution in [2.24, 2.45) is 0 Å².